The largest absolute Gasteiger partial charge is 0.465 e. The number of aryl methyl sites for hydroxylation is 1. The molecule has 9 nitrogen and oxygen atoms in total. The Morgan fingerprint density at radius 2 is 1.35 bits per heavy atom. The number of anilines is 2. The monoisotopic (exact) mass is 482 g/mol. The van der Waals surface area contributed by atoms with E-state index < -0.39 is 22.0 Å². The smallest absolute Gasteiger partial charge is 0.337 e. The molecule has 0 fully saturated rings. The Kier molecular flexibility index (Phi) is 7.32. The average molecular weight is 483 g/mol. The summed E-state index contributed by atoms with van der Waals surface area (Å²) in [4.78, 5) is 36.2. The molecule has 0 radical (unpaired) electrons. The first-order valence-electron chi connectivity index (χ1n) is 9.96. The second-order valence-corrected chi connectivity index (χ2v) is 8.87. The van der Waals surface area contributed by atoms with Crippen molar-refractivity contribution in [3.05, 3.63) is 89.0 Å². The van der Waals surface area contributed by atoms with Crippen molar-refractivity contribution in [2.45, 2.75) is 11.8 Å². The van der Waals surface area contributed by atoms with Crippen molar-refractivity contribution in [1.29, 1.82) is 0 Å². The number of nitrogens with one attached hydrogen (secondary N) is 2. The van der Waals surface area contributed by atoms with Crippen LogP contribution in [0, 0.1) is 6.92 Å². The molecule has 0 saturated heterocycles. The van der Waals surface area contributed by atoms with Crippen molar-refractivity contribution < 1.29 is 32.3 Å². The van der Waals surface area contributed by atoms with Gasteiger partial charge in [0.15, 0.2) is 0 Å². The molecule has 34 heavy (non-hydrogen) atoms. The molecule has 0 saturated carbocycles. The van der Waals surface area contributed by atoms with Crippen LogP contribution in [0.4, 0.5) is 11.4 Å². The van der Waals surface area contributed by atoms with Gasteiger partial charge in [-0.25, -0.2) is 18.0 Å². The number of hydrogen-bond acceptors (Lipinski definition) is 7. The Bertz CT molecular complexity index is 1320. The number of carbonyl (C=O) groups excluding carboxylic acids is 3. The minimum absolute atomic E-state index is 0.0255. The second kappa shape index (κ2) is 10.2. The topological polar surface area (TPSA) is 128 Å². The van der Waals surface area contributed by atoms with Gasteiger partial charge in [0.2, 0.25) is 0 Å². The molecule has 176 valence electrons. The van der Waals surface area contributed by atoms with Gasteiger partial charge in [0.05, 0.1) is 35.9 Å². The third kappa shape index (κ3) is 5.59. The zero-order valence-corrected chi connectivity index (χ0v) is 19.4. The zero-order valence-electron chi connectivity index (χ0n) is 18.6. The standard InChI is InChI=1S/C24H22N2O7S/c1-15-11-20(9-10-21(15)25-22(27)16-7-5-4-6-8-16)34(30,31)26-19-13-17(23(28)32-2)12-18(14-19)24(29)33-3/h4-14,26H,1-3H3,(H,25,27). The number of amides is 1. The Hall–Kier alpha value is -4.18. The van der Waals surface area contributed by atoms with E-state index in [9.17, 15) is 22.8 Å². The Morgan fingerprint density at radius 3 is 1.88 bits per heavy atom. The molecule has 0 aliphatic rings. The first-order chi connectivity index (χ1) is 16.1. The predicted octanol–water partition coefficient (Wildman–Crippen LogP) is 3.62. The molecule has 0 aliphatic carbocycles. The summed E-state index contributed by atoms with van der Waals surface area (Å²) in [5, 5.41) is 2.75. The lowest BCUT2D eigenvalue weighted by Crippen LogP contribution is -2.16. The van der Waals surface area contributed by atoms with E-state index in [1.807, 2.05) is 0 Å². The summed E-state index contributed by atoms with van der Waals surface area (Å²) in [6.07, 6.45) is 0. The van der Waals surface area contributed by atoms with E-state index in [0.29, 0.717) is 16.8 Å². The van der Waals surface area contributed by atoms with Crippen LogP contribution in [0.15, 0.2) is 71.6 Å². The highest BCUT2D eigenvalue weighted by Gasteiger charge is 2.20. The normalized spacial score (nSPS) is 10.8. The maximum Gasteiger partial charge on any atom is 0.337 e. The predicted molar refractivity (Wildman–Crippen MR) is 126 cm³/mol. The molecule has 10 heteroatoms. The third-order valence-electron chi connectivity index (χ3n) is 4.82. The number of ether oxygens (including phenoxy) is 2. The minimum Gasteiger partial charge on any atom is -0.465 e. The van der Waals surface area contributed by atoms with Gasteiger partial charge >= 0.3 is 11.9 Å². The van der Waals surface area contributed by atoms with Crippen molar-refractivity contribution in [2.75, 3.05) is 24.3 Å². The summed E-state index contributed by atoms with van der Waals surface area (Å²) >= 11 is 0. The lowest BCUT2D eigenvalue weighted by Gasteiger charge is -2.13. The first-order valence-corrected chi connectivity index (χ1v) is 11.4. The van der Waals surface area contributed by atoms with Gasteiger partial charge in [-0.3, -0.25) is 9.52 Å². The van der Waals surface area contributed by atoms with E-state index in [2.05, 4.69) is 19.5 Å². The van der Waals surface area contributed by atoms with E-state index in [-0.39, 0.29) is 27.6 Å². The fraction of sp³-hybridized carbons (Fsp3) is 0.125. The molecule has 1 amide bonds. The summed E-state index contributed by atoms with van der Waals surface area (Å²) in [6.45, 7) is 1.66. The molecule has 3 aromatic rings. The van der Waals surface area contributed by atoms with Crippen LogP contribution in [0.2, 0.25) is 0 Å². The van der Waals surface area contributed by atoms with E-state index in [4.69, 9.17) is 0 Å². The number of carbonyl (C=O) groups is 3. The van der Waals surface area contributed by atoms with Crippen LogP contribution >= 0.6 is 0 Å². The van der Waals surface area contributed by atoms with Crippen LogP contribution in [-0.2, 0) is 19.5 Å². The van der Waals surface area contributed by atoms with Gasteiger partial charge in [0.25, 0.3) is 15.9 Å². The maximum atomic E-state index is 13.0. The molecule has 3 aromatic carbocycles. The van der Waals surface area contributed by atoms with Crippen LogP contribution in [-0.4, -0.2) is 40.5 Å². The highest BCUT2D eigenvalue weighted by molar-refractivity contribution is 7.92. The summed E-state index contributed by atoms with van der Waals surface area (Å²) in [7, 11) is -1.77. The molecule has 0 bridgehead atoms. The van der Waals surface area contributed by atoms with E-state index >= 15 is 0 Å². The minimum atomic E-state index is -4.10. The molecule has 0 unspecified atom stereocenters. The van der Waals surface area contributed by atoms with Gasteiger partial charge in [-0.05, 0) is 61.0 Å². The molecule has 0 aliphatic heterocycles. The van der Waals surface area contributed by atoms with Gasteiger partial charge in [0, 0.05) is 11.3 Å². The number of esters is 2. The number of methoxy groups -OCH3 is 2. The molecule has 0 heterocycles. The maximum absolute atomic E-state index is 13.0. The van der Waals surface area contributed by atoms with E-state index in [0.717, 1.165) is 14.2 Å². The van der Waals surface area contributed by atoms with E-state index in [1.54, 1.807) is 37.3 Å². The summed E-state index contributed by atoms with van der Waals surface area (Å²) in [6, 6.07) is 16.6. The van der Waals surface area contributed by atoms with Crippen molar-refractivity contribution in [1.82, 2.24) is 0 Å². The first kappa shape index (κ1) is 24.5. The number of rotatable bonds is 7. The highest BCUT2D eigenvalue weighted by atomic mass is 32.2. The summed E-state index contributed by atoms with van der Waals surface area (Å²) in [5.41, 5.74) is 1.35. The average Bonchev–Trinajstić information content (AvgIpc) is 2.84. The van der Waals surface area contributed by atoms with Crippen molar-refractivity contribution in [2.24, 2.45) is 0 Å². The fourth-order valence-electron chi connectivity index (χ4n) is 3.10. The molecule has 0 atom stereocenters. The highest BCUT2D eigenvalue weighted by Crippen LogP contribution is 2.24. The molecule has 0 spiro atoms. The Morgan fingerprint density at radius 1 is 0.765 bits per heavy atom. The van der Waals surface area contributed by atoms with Gasteiger partial charge in [-0.2, -0.15) is 0 Å². The third-order valence-corrected chi connectivity index (χ3v) is 6.20. The van der Waals surface area contributed by atoms with Crippen LogP contribution < -0.4 is 10.0 Å². The molecular weight excluding hydrogens is 460 g/mol. The molecule has 2 N–H and O–H groups in total. The Labute approximate surface area is 196 Å². The van der Waals surface area contributed by atoms with Crippen molar-refractivity contribution in [3.63, 3.8) is 0 Å². The van der Waals surface area contributed by atoms with Crippen molar-refractivity contribution >= 4 is 39.2 Å². The lowest BCUT2D eigenvalue weighted by atomic mass is 10.1. The molecule has 0 aromatic heterocycles. The quantitative estimate of drug-likeness (QED) is 0.492. The Balaban J connectivity index is 1.88. The van der Waals surface area contributed by atoms with Crippen molar-refractivity contribution in [3.8, 4) is 0 Å². The SMILES string of the molecule is COC(=O)c1cc(NS(=O)(=O)c2ccc(NC(=O)c3ccccc3)c(C)c2)cc(C(=O)OC)c1. The van der Waals surface area contributed by atoms with Gasteiger partial charge in [0.1, 0.15) is 0 Å². The zero-order chi connectivity index (χ0) is 24.9. The van der Waals surface area contributed by atoms with Gasteiger partial charge < -0.3 is 14.8 Å². The number of sulfonamides is 1. The molecule has 3 rings (SSSR count). The van der Waals surface area contributed by atoms with E-state index in [1.165, 1.54) is 36.4 Å². The lowest BCUT2D eigenvalue weighted by molar-refractivity contribution is 0.0599. The number of hydrogen-bond donors (Lipinski definition) is 2. The van der Waals surface area contributed by atoms with Gasteiger partial charge in [-0.15, -0.1) is 0 Å². The summed E-state index contributed by atoms with van der Waals surface area (Å²) in [5.74, 6) is -1.83. The summed E-state index contributed by atoms with van der Waals surface area (Å²) < 4.78 is 37.6. The number of benzene rings is 3. The van der Waals surface area contributed by atoms with Crippen LogP contribution in [0.3, 0.4) is 0 Å². The van der Waals surface area contributed by atoms with Crippen LogP contribution in [0.1, 0.15) is 36.6 Å². The second-order valence-electron chi connectivity index (χ2n) is 7.18. The van der Waals surface area contributed by atoms with Gasteiger partial charge in [-0.1, -0.05) is 18.2 Å². The molecular formula is C24H22N2O7S. The van der Waals surface area contributed by atoms with Crippen LogP contribution in [0.5, 0.6) is 0 Å². The fourth-order valence-corrected chi connectivity index (χ4v) is 4.22. The van der Waals surface area contributed by atoms with Crippen LogP contribution in [0.25, 0.3) is 0 Å².